The maximum absolute atomic E-state index is 12.7. The molecule has 1 unspecified atom stereocenters. The highest BCUT2D eigenvalue weighted by Crippen LogP contribution is 2.23. The summed E-state index contributed by atoms with van der Waals surface area (Å²) in [4.78, 5) is 19.8. The van der Waals surface area contributed by atoms with Crippen LogP contribution in [-0.2, 0) is 11.3 Å². The number of piperazine rings is 1. The quantitative estimate of drug-likeness (QED) is 0.584. The highest BCUT2D eigenvalue weighted by molar-refractivity contribution is 5.78. The van der Waals surface area contributed by atoms with E-state index in [0.29, 0.717) is 13.1 Å². The van der Waals surface area contributed by atoms with E-state index in [1.165, 1.54) is 11.1 Å². The lowest BCUT2D eigenvalue weighted by Crippen LogP contribution is -2.49. The zero-order chi connectivity index (χ0) is 22.8. The molecule has 1 N–H and O–H groups in total. The van der Waals surface area contributed by atoms with Gasteiger partial charge in [-0.2, -0.15) is 0 Å². The summed E-state index contributed by atoms with van der Waals surface area (Å²) >= 11 is 0. The van der Waals surface area contributed by atoms with Gasteiger partial charge in [-0.1, -0.05) is 56.3 Å². The normalized spacial score (nSPS) is 16.1. The molecule has 0 saturated carbocycles. The molecule has 1 amide bonds. The average molecular weight is 439 g/mol. The van der Waals surface area contributed by atoms with Crippen molar-refractivity contribution in [3.8, 4) is 5.75 Å². The molecule has 32 heavy (non-hydrogen) atoms. The number of nitrogens with one attached hydrogen (secondary N) is 1. The topological polar surface area (TPSA) is 48.1 Å². The van der Waals surface area contributed by atoms with Crippen molar-refractivity contribution in [1.82, 2.24) is 20.0 Å². The number of amides is 1. The molecule has 1 heterocycles. The number of hydrogen-bond acceptors (Lipinski definition) is 5. The van der Waals surface area contributed by atoms with Crippen LogP contribution in [0, 0.1) is 0 Å². The predicted molar refractivity (Wildman–Crippen MR) is 130 cm³/mol. The second kappa shape index (κ2) is 12.6. The third kappa shape index (κ3) is 7.05. The Bertz CT molecular complexity index is 818. The van der Waals surface area contributed by atoms with E-state index in [-0.39, 0.29) is 11.9 Å². The Morgan fingerprint density at radius 2 is 1.69 bits per heavy atom. The first kappa shape index (κ1) is 24.2. The number of methoxy groups -OCH3 is 1. The molecule has 1 aliphatic rings. The summed E-state index contributed by atoms with van der Waals surface area (Å²) in [6.45, 7) is 12.1. The fourth-order valence-electron chi connectivity index (χ4n) is 4.39. The molecule has 0 bridgehead atoms. The maximum Gasteiger partial charge on any atom is 0.234 e. The zero-order valence-corrected chi connectivity index (χ0v) is 19.8. The monoisotopic (exact) mass is 438 g/mol. The van der Waals surface area contributed by atoms with Crippen molar-refractivity contribution in [2.75, 3.05) is 59.5 Å². The smallest absolute Gasteiger partial charge is 0.234 e. The fraction of sp³-hybridized carbons (Fsp3) is 0.500. The van der Waals surface area contributed by atoms with E-state index in [9.17, 15) is 4.79 Å². The summed E-state index contributed by atoms with van der Waals surface area (Å²) in [5.41, 5.74) is 2.52. The molecule has 0 radical (unpaired) electrons. The Kier molecular flexibility index (Phi) is 9.53. The van der Waals surface area contributed by atoms with E-state index in [2.05, 4.69) is 76.3 Å². The van der Waals surface area contributed by atoms with Gasteiger partial charge in [-0.25, -0.2) is 0 Å². The van der Waals surface area contributed by atoms with Crippen LogP contribution in [0.15, 0.2) is 54.6 Å². The number of likely N-dealkylation sites (N-methyl/N-ethyl adjacent to an activating group) is 1. The highest BCUT2D eigenvalue weighted by atomic mass is 16.5. The molecule has 1 saturated heterocycles. The van der Waals surface area contributed by atoms with Gasteiger partial charge >= 0.3 is 0 Å². The third-order valence-corrected chi connectivity index (χ3v) is 6.31. The van der Waals surface area contributed by atoms with Crippen molar-refractivity contribution >= 4 is 5.91 Å². The van der Waals surface area contributed by atoms with Gasteiger partial charge in [-0.05, 0) is 36.3 Å². The van der Waals surface area contributed by atoms with Crippen molar-refractivity contribution < 1.29 is 9.53 Å². The second-order valence-electron chi connectivity index (χ2n) is 8.36. The van der Waals surface area contributed by atoms with Crippen molar-refractivity contribution in [2.24, 2.45) is 0 Å². The minimum atomic E-state index is 0.0987. The van der Waals surface area contributed by atoms with Gasteiger partial charge in [0.2, 0.25) is 5.91 Å². The summed E-state index contributed by atoms with van der Waals surface area (Å²) in [6.07, 6.45) is 0. The van der Waals surface area contributed by atoms with Gasteiger partial charge in [0, 0.05) is 39.3 Å². The Morgan fingerprint density at radius 1 is 1.00 bits per heavy atom. The van der Waals surface area contributed by atoms with E-state index in [1.54, 1.807) is 7.11 Å². The molecular weight excluding hydrogens is 400 g/mol. The van der Waals surface area contributed by atoms with Gasteiger partial charge in [0.15, 0.2) is 0 Å². The molecule has 2 aromatic carbocycles. The molecule has 1 aliphatic heterocycles. The predicted octanol–water partition coefficient (Wildman–Crippen LogP) is 3.01. The van der Waals surface area contributed by atoms with Crippen LogP contribution in [0.5, 0.6) is 5.75 Å². The number of carbonyl (C=O) groups excluding carboxylic acids is 1. The van der Waals surface area contributed by atoms with Crippen LogP contribution in [0.2, 0.25) is 0 Å². The first-order valence-electron chi connectivity index (χ1n) is 11.8. The van der Waals surface area contributed by atoms with Crippen molar-refractivity contribution in [3.05, 3.63) is 65.7 Å². The minimum Gasteiger partial charge on any atom is -0.497 e. The van der Waals surface area contributed by atoms with Gasteiger partial charge < -0.3 is 10.1 Å². The van der Waals surface area contributed by atoms with Crippen LogP contribution >= 0.6 is 0 Å². The van der Waals surface area contributed by atoms with Crippen molar-refractivity contribution in [2.45, 2.75) is 26.4 Å². The molecule has 2 aromatic rings. The van der Waals surface area contributed by atoms with Gasteiger partial charge in [0.05, 0.1) is 19.7 Å². The summed E-state index contributed by atoms with van der Waals surface area (Å²) in [7, 11) is 1.69. The second-order valence-corrected chi connectivity index (χ2v) is 8.36. The van der Waals surface area contributed by atoms with Gasteiger partial charge in [0.1, 0.15) is 5.75 Å². The van der Waals surface area contributed by atoms with E-state index >= 15 is 0 Å². The van der Waals surface area contributed by atoms with Crippen LogP contribution in [0.25, 0.3) is 0 Å². The highest BCUT2D eigenvalue weighted by Gasteiger charge is 2.22. The first-order valence-corrected chi connectivity index (χ1v) is 11.8. The third-order valence-electron chi connectivity index (χ3n) is 6.31. The molecule has 0 aliphatic carbocycles. The molecule has 3 rings (SSSR count). The lowest BCUT2D eigenvalue weighted by Gasteiger charge is -2.34. The van der Waals surface area contributed by atoms with E-state index < -0.39 is 0 Å². The van der Waals surface area contributed by atoms with Crippen LogP contribution in [0.4, 0.5) is 0 Å². The molecule has 0 spiro atoms. The molecule has 1 fully saturated rings. The Hall–Kier alpha value is -2.41. The summed E-state index contributed by atoms with van der Waals surface area (Å²) in [6, 6.07) is 18.9. The van der Waals surface area contributed by atoms with E-state index in [0.717, 1.165) is 51.6 Å². The van der Waals surface area contributed by atoms with Gasteiger partial charge in [0.25, 0.3) is 0 Å². The molecule has 0 aromatic heterocycles. The van der Waals surface area contributed by atoms with Crippen LogP contribution in [-0.4, -0.2) is 80.1 Å². The van der Waals surface area contributed by atoms with E-state index in [1.807, 2.05) is 12.1 Å². The van der Waals surface area contributed by atoms with Crippen LogP contribution < -0.4 is 10.1 Å². The van der Waals surface area contributed by atoms with E-state index in [4.69, 9.17) is 4.74 Å². The Labute approximate surface area is 193 Å². The Balaban J connectivity index is 1.48. The fourth-order valence-corrected chi connectivity index (χ4v) is 4.39. The Morgan fingerprint density at radius 3 is 2.34 bits per heavy atom. The summed E-state index contributed by atoms with van der Waals surface area (Å²) in [5.74, 6) is 0.945. The number of carbonyl (C=O) groups is 1. The maximum atomic E-state index is 12.7. The molecule has 174 valence electrons. The van der Waals surface area contributed by atoms with Crippen LogP contribution in [0.3, 0.4) is 0 Å². The van der Waals surface area contributed by atoms with Crippen molar-refractivity contribution in [1.29, 1.82) is 0 Å². The average Bonchev–Trinajstić information content (AvgIpc) is 2.83. The number of hydrogen-bond donors (Lipinski definition) is 1. The molecule has 1 atom stereocenters. The van der Waals surface area contributed by atoms with Crippen molar-refractivity contribution in [3.63, 3.8) is 0 Å². The minimum absolute atomic E-state index is 0.0987. The molecule has 6 nitrogen and oxygen atoms in total. The van der Waals surface area contributed by atoms with Gasteiger partial charge in [-0.15, -0.1) is 0 Å². The summed E-state index contributed by atoms with van der Waals surface area (Å²) in [5, 5.41) is 3.19. The zero-order valence-electron chi connectivity index (χ0n) is 19.8. The lowest BCUT2D eigenvalue weighted by molar-refractivity contribution is -0.123. The number of nitrogens with zero attached hydrogens (tertiary/aromatic N) is 3. The standard InChI is InChI=1S/C26H38N4O2/c1-4-30(5-2)25(23-12-9-13-24(18-23)32-3)19-27-26(31)21-29-16-14-28(15-17-29)20-22-10-7-6-8-11-22/h6-13,18,25H,4-5,14-17,19-21H2,1-3H3,(H,27,31). The number of rotatable bonds is 11. The first-order chi connectivity index (χ1) is 15.6. The van der Waals surface area contributed by atoms with Gasteiger partial charge in [-0.3, -0.25) is 19.5 Å². The SMILES string of the molecule is CCN(CC)C(CNC(=O)CN1CCN(Cc2ccccc2)CC1)c1cccc(OC)c1. The summed E-state index contributed by atoms with van der Waals surface area (Å²) < 4.78 is 5.41. The number of ether oxygens (including phenoxy) is 1. The van der Waals surface area contributed by atoms with Crippen LogP contribution in [0.1, 0.15) is 31.0 Å². The molecular formula is C26H38N4O2. The lowest BCUT2D eigenvalue weighted by atomic mass is 10.0. The molecule has 6 heteroatoms. The largest absolute Gasteiger partial charge is 0.497 e. The number of benzene rings is 2.